The number of aryl methyl sites for hydroxylation is 4. The van der Waals surface area contributed by atoms with E-state index in [0.717, 1.165) is 42.2 Å². The monoisotopic (exact) mass is 261 g/mol. The maximum atomic E-state index is 5.49. The SMILES string of the molecule is Cc1cccc(CCc2nnc(CCCN)s2)c1. The molecule has 1 aromatic carbocycles. The third-order valence-corrected chi connectivity index (χ3v) is 3.86. The minimum Gasteiger partial charge on any atom is -0.330 e. The molecule has 0 aliphatic carbocycles. The average Bonchev–Trinajstić information content (AvgIpc) is 2.82. The molecular weight excluding hydrogens is 242 g/mol. The highest BCUT2D eigenvalue weighted by Crippen LogP contribution is 2.14. The summed E-state index contributed by atoms with van der Waals surface area (Å²) in [5.74, 6) is 0. The van der Waals surface area contributed by atoms with E-state index in [9.17, 15) is 0 Å². The van der Waals surface area contributed by atoms with Gasteiger partial charge in [0.1, 0.15) is 10.0 Å². The van der Waals surface area contributed by atoms with Gasteiger partial charge < -0.3 is 5.73 Å². The molecule has 3 nitrogen and oxygen atoms in total. The van der Waals surface area contributed by atoms with Gasteiger partial charge >= 0.3 is 0 Å². The predicted molar refractivity (Wildman–Crippen MR) is 75.9 cm³/mol. The molecule has 0 saturated carbocycles. The van der Waals surface area contributed by atoms with Gasteiger partial charge in [-0.25, -0.2) is 0 Å². The fourth-order valence-corrected chi connectivity index (χ4v) is 2.75. The molecule has 0 saturated heterocycles. The van der Waals surface area contributed by atoms with Crippen LogP contribution in [-0.4, -0.2) is 16.7 Å². The Balaban J connectivity index is 1.88. The van der Waals surface area contributed by atoms with Crippen LogP contribution in [0.15, 0.2) is 24.3 Å². The first kappa shape index (κ1) is 13.2. The number of nitrogens with two attached hydrogens (primary N) is 1. The van der Waals surface area contributed by atoms with E-state index in [1.165, 1.54) is 11.1 Å². The van der Waals surface area contributed by atoms with Crippen molar-refractivity contribution < 1.29 is 0 Å². The molecule has 18 heavy (non-hydrogen) atoms. The van der Waals surface area contributed by atoms with E-state index in [0.29, 0.717) is 0 Å². The van der Waals surface area contributed by atoms with Crippen molar-refractivity contribution in [3.63, 3.8) is 0 Å². The van der Waals surface area contributed by atoms with Gasteiger partial charge in [0.05, 0.1) is 0 Å². The molecule has 0 bridgehead atoms. The zero-order valence-corrected chi connectivity index (χ0v) is 11.5. The number of hydrogen-bond acceptors (Lipinski definition) is 4. The normalized spacial score (nSPS) is 10.8. The molecule has 2 rings (SSSR count). The van der Waals surface area contributed by atoms with Crippen LogP contribution in [0.1, 0.15) is 27.6 Å². The lowest BCUT2D eigenvalue weighted by Crippen LogP contribution is -1.99. The van der Waals surface area contributed by atoms with Gasteiger partial charge in [0, 0.05) is 12.8 Å². The van der Waals surface area contributed by atoms with E-state index in [2.05, 4.69) is 41.4 Å². The quantitative estimate of drug-likeness (QED) is 0.869. The number of hydrogen-bond donors (Lipinski definition) is 1. The zero-order valence-electron chi connectivity index (χ0n) is 10.7. The van der Waals surface area contributed by atoms with Crippen molar-refractivity contribution >= 4 is 11.3 Å². The van der Waals surface area contributed by atoms with Crippen molar-refractivity contribution in [3.8, 4) is 0 Å². The third-order valence-electron chi connectivity index (χ3n) is 2.81. The Morgan fingerprint density at radius 1 is 1.11 bits per heavy atom. The first-order valence-corrected chi connectivity index (χ1v) is 7.16. The topological polar surface area (TPSA) is 51.8 Å². The molecule has 1 aromatic heterocycles. The minimum absolute atomic E-state index is 0.720. The second-order valence-corrected chi connectivity index (χ2v) is 5.62. The Bertz CT molecular complexity index is 493. The van der Waals surface area contributed by atoms with Gasteiger partial charge in [-0.15, -0.1) is 21.5 Å². The Kier molecular flexibility index (Phi) is 4.84. The maximum absolute atomic E-state index is 5.49. The van der Waals surface area contributed by atoms with Crippen molar-refractivity contribution in [2.75, 3.05) is 6.54 Å². The van der Waals surface area contributed by atoms with Crippen molar-refractivity contribution in [3.05, 3.63) is 45.4 Å². The van der Waals surface area contributed by atoms with Crippen molar-refractivity contribution in [2.24, 2.45) is 5.73 Å². The molecule has 2 aromatic rings. The van der Waals surface area contributed by atoms with Gasteiger partial charge in [-0.2, -0.15) is 0 Å². The van der Waals surface area contributed by atoms with Gasteiger partial charge in [-0.05, 0) is 31.9 Å². The second kappa shape index (κ2) is 6.61. The molecule has 0 spiro atoms. The third kappa shape index (κ3) is 3.89. The van der Waals surface area contributed by atoms with Crippen LogP contribution in [0.2, 0.25) is 0 Å². The molecule has 0 unspecified atom stereocenters. The second-order valence-electron chi connectivity index (χ2n) is 4.47. The lowest BCUT2D eigenvalue weighted by Gasteiger charge is -1.99. The lowest BCUT2D eigenvalue weighted by molar-refractivity contribution is 0.806. The van der Waals surface area contributed by atoms with Gasteiger partial charge in [0.15, 0.2) is 0 Å². The van der Waals surface area contributed by atoms with Crippen LogP contribution in [-0.2, 0) is 19.3 Å². The lowest BCUT2D eigenvalue weighted by atomic mass is 10.1. The summed E-state index contributed by atoms with van der Waals surface area (Å²) >= 11 is 1.72. The zero-order chi connectivity index (χ0) is 12.8. The first-order chi connectivity index (χ1) is 8.78. The van der Waals surface area contributed by atoms with Crippen molar-refractivity contribution in [1.82, 2.24) is 10.2 Å². The Morgan fingerprint density at radius 3 is 2.61 bits per heavy atom. The number of aromatic nitrogens is 2. The number of nitrogens with zero attached hydrogens (tertiary/aromatic N) is 2. The van der Waals surface area contributed by atoms with Crippen LogP contribution in [0.25, 0.3) is 0 Å². The largest absolute Gasteiger partial charge is 0.330 e. The van der Waals surface area contributed by atoms with Crippen molar-refractivity contribution in [2.45, 2.75) is 32.6 Å². The molecule has 0 radical (unpaired) electrons. The number of rotatable bonds is 6. The highest BCUT2D eigenvalue weighted by atomic mass is 32.1. The minimum atomic E-state index is 0.720. The van der Waals surface area contributed by atoms with E-state index in [4.69, 9.17) is 5.73 Å². The van der Waals surface area contributed by atoms with Gasteiger partial charge in [-0.3, -0.25) is 0 Å². The van der Waals surface area contributed by atoms with E-state index in [1.54, 1.807) is 11.3 Å². The van der Waals surface area contributed by atoms with Crippen LogP contribution >= 0.6 is 11.3 Å². The summed E-state index contributed by atoms with van der Waals surface area (Å²) in [4.78, 5) is 0. The Morgan fingerprint density at radius 2 is 1.89 bits per heavy atom. The molecule has 0 atom stereocenters. The maximum Gasteiger partial charge on any atom is 0.117 e. The van der Waals surface area contributed by atoms with E-state index in [1.807, 2.05) is 0 Å². The molecule has 0 fully saturated rings. The predicted octanol–water partition coefficient (Wildman–Crippen LogP) is 2.52. The highest BCUT2D eigenvalue weighted by molar-refractivity contribution is 7.11. The van der Waals surface area contributed by atoms with Crippen molar-refractivity contribution in [1.29, 1.82) is 0 Å². The smallest absolute Gasteiger partial charge is 0.117 e. The summed E-state index contributed by atoms with van der Waals surface area (Å²) in [7, 11) is 0. The molecule has 2 N–H and O–H groups in total. The average molecular weight is 261 g/mol. The summed E-state index contributed by atoms with van der Waals surface area (Å²) in [5, 5.41) is 10.7. The summed E-state index contributed by atoms with van der Waals surface area (Å²) in [6.07, 6.45) is 3.96. The summed E-state index contributed by atoms with van der Waals surface area (Å²) in [6, 6.07) is 8.64. The van der Waals surface area contributed by atoms with Crippen LogP contribution in [0, 0.1) is 6.92 Å². The van der Waals surface area contributed by atoms with E-state index in [-0.39, 0.29) is 0 Å². The molecule has 0 aliphatic rings. The summed E-state index contributed by atoms with van der Waals surface area (Å²) in [6.45, 7) is 2.84. The van der Waals surface area contributed by atoms with Gasteiger partial charge in [0.25, 0.3) is 0 Å². The van der Waals surface area contributed by atoms with Crippen LogP contribution in [0.4, 0.5) is 0 Å². The van der Waals surface area contributed by atoms with Crippen LogP contribution in [0.5, 0.6) is 0 Å². The molecule has 0 amide bonds. The van der Waals surface area contributed by atoms with Crippen LogP contribution in [0.3, 0.4) is 0 Å². The molecule has 0 aliphatic heterocycles. The molecule has 96 valence electrons. The summed E-state index contributed by atoms with van der Waals surface area (Å²) in [5.41, 5.74) is 8.17. The van der Waals surface area contributed by atoms with Gasteiger partial charge in [-0.1, -0.05) is 29.8 Å². The first-order valence-electron chi connectivity index (χ1n) is 6.35. The molecule has 1 heterocycles. The molecule has 4 heteroatoms. The van der Waals surface area contributed by atoms with Gasteiger partial charge in [0.2, 0.25) is 0 Å². The molecular formula is C14H19N3S. The van der Waals surface area contributed by atoms with E-state index >= 15 is 0 Å². The van der Waals surface area contributed by atoms with Crippen LogP contribution < -0.4 is 5.73 Å². The Labute approximate surface area is 112 Å². The highest BCUT2D eigenvalue weighted by Gasteiger charge is 2.04. The Hall–Kier alpha value is -1.26. The van der Waals surface area contributed by atoms with E-state index < -0.39 is 0 Å². The standard InChI is InChI=1S/C14H19N3S/c1-11-4-2-5-12(10-11)7-8-14-17-16-13(18-14)6-3-9-15/h2,4-5,10H,3,6-9,15H2,1H3. The summed E-state index contributed by atoms with van der Waals surface area (Å²) < 4.78 is 0. The fourth-order valence-electron chi connectivity index (χ4n) is 1.86. The fraction of sp³-hybridized carbons (Fsp3) is 0.429. The number of benzene rings is 1.